The Morgan fingerprint density at radius 1 is 1.00 bits per heavy atom. The number of rotatable bonds is 3. The van der Waals surface area contributed by atoms with E-state index in [1.54, 1.807) is 6.26 Å². The zero-order valence-electron chi connectivity index (χ0n) is 13.4. The maximum atomic E-state index is 11.9. The number of anilines is 2. The van der Waals surface area contributed by atoms with E-state index in [-0.39, 0.29) is 17.3 Å². The summed E-state index contributed by atoms with van der Waals surface area (Å²) >= 11 is 0. The second-order valence-electron chi connectivity index (χ2n) is 5.33. The van der Waals surface area contributed by atoms with Gasteiger partial charge in [-0.3, -0.25) is 4.21 Å². The van der Waals surface area contributed by atoms with Crippen molar-refractivity contribution in [1.29, 1.82) is 5.26 Å². The van der Waals surface area contributed by atoms with E-state index < -0.39 is 10.8 Å². The van der Waals surface area contributed by atoms with Gasteiger partial charge in [0.25, 0.3) is 0 Å². The number of hydrogen-bond donors (Lipinski definition) is 2. The number of nitrogens with zero attached hydrogens (tertiary/aromatic N) is 3. The molecule has 0 spiro atoms. The minimum Gasteiger partial charge on any atom is -0.382 e. The fraction of sp³-hybridized carbons (Fsp3) is 0.0556. The highest BCUT2D eigenvalue weighted by Gasteiger charge is 2.14. The number of benzene rings is 2. The maximum Gasteiger partial charge on any atom is 0.222 e. The van der Waals surface area contributed by atoms with Crippen LogP contribution in [0.3, 0.4) is 0 Å². The molecule has 3 rings (SSSR count). The largest absolute Gasteiger partial charge is 0.382 e. The van der Waals surface area contributed by atoms with Crippen molar-refractivity contribution in [3.63, 3.8) is 0 Å². The third-order valence-corrected chi connectivity index (χ3v) is 4.71. The van der Waals surface area contributed by atoms with Crippen LogP contribution in [0.25, 0.3) is 22.4 Å². The van der Waals surface area contributed by atoms with Gasteiger partial charge in [-0.05, 0) is 17.2 Å². The molecule has 7 heteroatoms. The second-order valence-corrected chi connectivity index (χ2v) is 6.68. The van der Waals surface area contributed by atoms with E-state index in [2.05, 4.69) is 9.97 Å². The van der Waals surface area contributed by atoms with E-state index >= 15 is 0 Å². The standard InChI is InChI=1S/C18H15N5OS/c1-25(24)15-5-3-2-4-13(15)11-6-8-12(9-7-11)16-14(10-19)17(20)23-18(21)22-16/h2-9H,1H3,(H4,20,21,22,23). The van der Waals surface area contributed by atoms with Crippen LogP contribution in [0, 0.1) is 11.3 Å². The molecule has 1 aromatic heterocycles. The molecule has 0 aliphatic heterocycles. The van der Waals surface area contributed by atoms with Crippen molar-refractivity contribution in [2.45, 2.75) is 4.90 Å². The Balaban J connectivity index is 2.09. The molecule has 0 bridgehead atoms. The number of nitrogens with two attached hydrogens (primary N) is 2. The Kier molecular flexibility index (Phi) is 4.46. The highest BCUT2D eigenvalue weighted by molar-refractivity contribution is 7.84. The van der Waals surface area contributed by atoms with Crippen LogP contribution in [0.4, 0.5) is 11.8 Å². The summed E-state index contributed by atoms with van der Waals surface area (Å²) in [6, 6.07) is 17.0. The zero-order valence-corrected chi connectivity index (χ0v) is 14.2. The molecule has 3 aromatic rings. The molecule has 1 unspecified atom stereocenters. The Morgan fingerprint density at radius 3 is 2.28 bits per heavy atom. The Labute approximate surface area is 147 Å². The highest BCUT2D eigenvalue weighted by Crippen LogP contribution is 2.30. The average molecular weight is 349 g/mol. The smallest absolute Gasteiger partial charge is 0.222 e. The number of nitrogen functional groups attached to an aromatic ring is 2. The molecule has 0 saturated carbocycles. The molecule has 0 aliphatic carbocycles. The normalized spacial score (nSPS) is 11.7. The molecular formula is C18H15N5OS. The van der Waals surface area contributed by atoms with Gasteiger partial charge in [-0.1, -0.05) is 42.5 Å². The molecule has 0 fully saturated rings. The van der Waals surface area contributed by atoms with Crippen LogP contribution in [0.5, 0.6) is 0 Å². The fourth-order valence-corrected chi connectivity index (χ4v) is 3.34. The van der Waals surface area contributed by atoms with E-state index in [1.807, 2.05) is 54.6 Å². The minimum atomic E-state index is -1.09. The minimum absolute atomic E-state index is 0.0160. The molecule has 6 nitrogen and oxygen atoms in total. The number of nitriles is 1. The fourth-order valence-electron chi connectivity index (χ4n) is 2.58. The van der Waals surface area contributed by atoms with Gasteiger partial charge in [0, 0.05) is 16.7 Å². The summed E-state index contributed by atoms with van der Waals surface area (Å²) < 4.78 is 11.9. The van der Waals surface area contributed by atoms with Gasteiger partial charge in [0.1, 0.15) is 17.5 Å². The molecule has 4 N–H and O–H groups in total. The molecule has 1 atom stereocenters. The van der Waals surface area contributed by atoms with Crippen molar-refractivity contribution in [2.24, 2.45) is 0 Å². The van der Waals surface area contributed by atoms with Crippen LogP contribution >= 0.6 is 0 Å². The van der Waals surface area contributed by atoms with Crippen molar-refractivity contribution in [3.8, 4) is 28.5 Å². The molecule has 0 amide bonds. The molecule has 0 radical (unpaired) electrons. The molecule has 2 aromatic carbocycles. The predicted octanol–water partition coefficient (Wildman–Crippen LogP) is 2.58. The molecule has 124 valence electrons. The van der Waals surface area contributed by atoms with Gasteiger partial charge in [-0.25, -0.2) is 4.98 Å². The topological polar surface area (TPSA) is 119 Å². The number of aromatic nitrogens is 2. The van der Waals surface area contributed by atoms with Gasteiger partial charge in [0.15, 0.2) is 0 Å². The Bertz CT molecular complexity index is 1010. The van der Waals surface area contributed by atoms with Crippen molar-refractivity contribution in [1.82, 2.24) is 9.97 Å². The zero-order chi connectivity index (χ0) is 18.0. The summed E-state index contributed by atoms with van der Waals surface area (Å²) in [4.78, 5) is 8.72. The third kappa shape index (κ3) is 3.20. The summed E-state index contributed by atoms with van der Waals surface area (Å²) in [5.41, 5.74) is 14.5. The van der Waals surface area contributed by atoms with Crippen LogP contribution in [0.2, 0.25) is 0 Å². The Hall–Kier alpha value is -3.24. The summed E-state index contributed by atoms with van der Waals surface area (Å²) in [6.45, 7) is 0. The molecule has 0 aliphatic rings. The summed E-state index contributed by atoms with van der Waals surface area (Å²) in [7, 11) is -1.09. The first-order chi connectivity index (χ1) is 12.0. The SMILES string of the molecule is CS(=O)c1ccccc1-c1ccc(-c2nc(N)nc(N)c2C#N)cc1. The lowest BCUT2D eigenvalue weighted by atomic mass is 10.0. The summed E-state index contributed by atoms with van der Waals surface area (Å²) in [6.07, 6.45) is 1.65. The van der Waals surface area contributed by atoms with E-state index in [0.717, 1.165) is 16.0 Å². The van der Waals surface area contributed by atoms with Crippen LogP contribution in [0.1, 0.15) is 5.56 Å². The van der Waals surface area contributed by atoms with Crippen LogP contribution in [0.15, 0.2) is 53.4 Å². The first kappa shape index (κ1) is 16.6. The first-order valence-corrected chi connectivity index (χ1v) is 8.93. The highest BCUT2D eigenvalue weighted by atomic mass is 32.2. The van der Waals surface area contributed by atoms with Gasteiger partial charge >= 0.3 is 0 Å². The molecular weight excluding hydrogens is 334 g/mol. The van der Waals surface area contributed by atoms with Gasteiger partial charge in [0.05, 0.1) is 16.5 Å². The summed E-state index contributed by atoms with van der Waals surface area (Å²) in [5, 5.41) is 9.30. The molecule has 25 heavy (non-hydrogen) atoms. The van der Waals surface area contributed by atoms with E-state index in [0.29, 0.717) is 11.3 Å². The van der Waals surface area contributed by atoms with Crippen molar-refractivity contribution in [2.75, 3.05) is 17.7 Å². The van der Waals surface area contributed by atoms with Crippen molar-refractivity contribution in [3.05, 3.63) is 54.1 Å². The average Bonchev–Trinajstić information content (AvgIpc) is 2.61. The second kappa shape index (κ2) is 6.71. The molecule has 0 saturated heterocycles. The van der Waals surface area contributed by atoms with Gasteiger partial charge < -0.3 is 11.5 Å². The van der Waals surface area contributed by atoms with Gasteiger partial charge in [0.2, 0.25) is 5.95 Å². The van der Waals surface area contributed by atoms with E-state index in [9.17, 15) is 9.47 Å². The van der Waals surface area contributed by atoms with Crippen LogP contribution < -0.4 is 11.5 Å². The number of hydrogen-bond acceptors (Lipinski definition) is 6. The maximum absolute atomic E-state index is 11.9. The lowest BCUT2D eigenvalue weighted by Gasteiger charge is -2.10. The van der Waals surface area contributed by atoms with Crippen molar-refractivity contribution < 1.29 is 4.21 Å². The first-order valence-electron chi connectivity index (χ1n) is 7.37. The summed E-state index contributed by atoms with van der Waals surface area (Å²) in [5.74, 6) is 0.0723. The Morgan fingerprint density at radius 2 is 1.64 bits per heavy atom. The lowest BCUT2D eigenvalue weighted by molar-refractivity contribution is 0.687. The third-order valence-electron chi connectivity index (χ3n) is 3.73. The lowest BCUT2D eigenvalue weighted by Crippen LogP contribution is -2.04. The van der Waals surface area contributed by atoms with E-state index in [1.165, 1.54) is 0 Å². The van der Waals surface area contributed by atoms with Crippen LogP contribution in [-0.4, -0.2) is 20.4 Å². The van der Waals surface area contributed by atoms with Crippen LogP contribution in [-0.2, 0) is 10.8 Å². The van der Waals surface area contributed by atoms with Gasteiger partial charge in [-0.2, -0.15) is 10.2 Å². The monoisotopic (exact) mass is 349 g/mol. The quantitative estimate of drug-likeness (QED) is 0.750. The predicted molar refractivity (Wildman–Crippen MR) is 98.8 cm³/mol. The van der Waals surface area contributed by atoms with Crippen molar-refractivity contribution >= 4 is 22.6 Å². The van der Waals surface area contributed by atoms with Gasteiger partial charge in [-0.15, -0.1) is 0 Å². The molecule has 1 heterocycles. The van der Waals surface area contributed by atoms with E-state index in [4.69, 9.17) is 11.5 Å².